The number of aromatic nitrogens is 2. The zero-order chi connectivity index (χ0) is 23.2. The number of nitrogen functional groups attached to an aromatic ring is 2. The third kappa shape index (κ3) is 6.39. The van der Waals surface area contributed by atoms with Gasteiger partial charge in [-0.15, -0.1) is 0 Å². The van der Waals surface area contributed by atoms with Gasteiger partial charge in [-0.05, 0) is 0 Å². The van der Waals surface area contributed by atoms with E-state index in [1.165, 1.54) is 0 Å². The number of rotatable bonds is 11. The van der Waals surface area contributed by atoms with Crippen molar-refractivity contribution in [3.8, 4) is 0 Å². The number of Topliss-reactive ketones (excluding diaryl/α,β-unsaturated/α-hetero) is 1. The summed E-state index contributed by atoms with van der Waals surface area (Å²) < 4.78 is 0. The van der Waals surface area contributed by atoms with Crippen LogP contribution in [0.15, 0.2) is 0 Å². The quantitative estimate of drug-likeness (QED) is 0.189. The van der Waals surface area contributed by atoms with Crippen molar-refractivity contribution in [2.45, 2.75) is 25.3 Å². The molecule has 0 aromatic carbocycles. The Balaban J connectivity index is 3.10. The topological polar surface area (TPSA) is 273 Å². The lowest BCUT2D eigenvalue weighted by Crippen LogP contribution is -2.43. The first-order valence-electron chi connectivity index (χ1n) is 7.99. The number of amides is 1. The van der Waals surface area contributed by atoms with E-state index in [-0.39, 0.29) is 0 Å². The molecular formula is C15H17N5O10. The molecule has 1 rings (SSSR count). The Morgan fingerprint density at radius 2 is 1.27 bits per heavy atom. The molecule has 9 N–H and O–H groups in total. The molecule has 162 valence electrons. The van der Waals surface area contributed by atoms with Crippen LogP contribution in [0, 0.1) is 5.92 Å². The molecule has 1 heterocycles. The van der Waals surface area contributed by atoms with Gasteiger partial charge in [0.25, 0.3) is 5.91 Å². The summed E-state index contributed by atoms with van der Waals surface area (Å²) in [6.07, 6.45) is -2.57. The molecule has 0 aliphatic carbocycles. The normalized spacial score (nSPS) is 12.4. The molecule has 0 fully saturated rings. The van der Waals surface area contributed by atoms with Crippen LogP contribution in [0.25, 0.3) is 0 Å². The summed E-state index contributed by atoms with van der Waals surface area (Å²) in [6.45, 7) is 0. The van der Waals surface area contributed by atoms with E-state index in [4.69, 9.17) is 31.9 Å². The number of hydrogen-bond donors (Lipinski definition) is 7. The summed E-state index contributed by atoms with van der Waals surface area (Å²) >= 11 is 0. The second-order valence-electron chi connectivity index (χ2n) is 5.91. The largest absolute Gasteiger partial charge is 0.481 e. The van der Waals surface area contributed by atoms with Crippen molar-refractivity contribution >= 4 is 47.2 Å². The van der Waals surface area contributed by atoms with E-state index >= 15 is 0 Å². The van der Waals surface area contributed by atoms with Gasteiger partial charge >= 0.3 is 23.9 Å². The molecule has 1 amide bonds. The molecule has 30 heavy (non-hydrogen) atoms. The van der Waals surface area contributed by atoms with Crippen LogP contribution in [0.5, 0.6) is 0 Å². The van der Waals surface area contributed by atoms with Gasteiger partial charge in [-0.25, -0.2) is 14.8 Å². The van der Waals surface area contributed by atoms with Crippen molar-refractivity contribution in [3.05, 3.63) is 11.4 Å². The predicted molar refractivity (Wildman–Crippen MR) is 94.3 cm³/mol. The molecular weight excluding hydrogens is 410 g/mol. The van der Waals surface area contributed by atoms with Crippen molar-refractivity contribution in [3.63, 3.8) is 0 Å². The molecule has 0 aliphatic heterocycles. The summed E-state index contributed by atoms with van der Waals surface area (Å²) in [5.74, 6) is -11.3. The first-order chi connectivity index (χ1) is 13.8. The summed E-state index contributed by atoms with van der Waals surface area (Å²) in [7, 11) is 0. The Kier molecular flexibility index (Phi) is 7.72. The summed E-state index contributed by atoms with van der Waals surface area (Å²) in [6, 6.07) is -1.81. The minimum atomic E-state index is -1.81. The third-order valence-electron chi connectivity index (χ3n) is 3.61. The van der Waals surface area contributed by atoms with Crippen molar-refractivity contribution in [2.75, 3.05) is 11.5 Å². The maximum Gasteiger partial charge on any atom is 0.326 e. The molecule has 0 bridgehead atoms. The summed E-state index contributed by atoms with van der Waals surface area (Å²) in [5, 5.41) is 37.2. The maximum absolute atomic E-state index is 12.2. The van der Waals surface area contributed by atoms with Crippen molar-refractivity contribution in [1.82, 2.24) is 15.3 Å². The highest BCUT2D eigenvalue weighted by Crippen LogP contribution is 2.19. The second-order valence-corrected chi connectivity index (χ2v) is 5.91. The van der Waals surface area contributed by atoms with Crippen molar-refractivity contribution < 1.29 is 49.2 Å². The van der Waals surface area contributed by atoms with Gasteiger partial charge in [-0.1, -0.05) is 0 Å². The number of nitrogens with one attached hydrogen (secondary N) is 1. The molecule has 0 spiro atoms. The highest BCUT2D eigenvalue weighted by atomic mass is 16.4. The Morgan fingerprint density at radius 3 is 1.73 bits per heavy atom. The molecule has 2 atom stereocenters. The summed E-state index contributed by atoms with van der Waals surface area (Å²) in [5.41, 5.74) is 9.78. The van der Waals surface area contributed by atoms with Crippen molar-refractivity contribution in [1.29, 1.82) is 0 Å². The zero-order valence-electron chi connectivity index (χ0n) is 15.1. The van der Waals surface area contributed by atoms with Gasteiger partial charge in [-0.3, -0.25) is 24.0 Å². The Hall–Kier alpha value is -4.30. The van der Waals surface area contributed by atoms with Gasteiger partial charge in [0.05, 0.1) is 18.8 Å². The molecule has 0 unspecified atom stereocenters. The lowest BCUT2D eigenvalue weighted by Gasteiger charge is -2.14. The highest BCUT2D eigenvalue weighted by molar-refractivity contribution is 6.03. The van der Waals surface area contributed by atoms with Gasteiger partial charge in [0.1, 0.15) is 6.04 Å². The van der Waals surface area contributed by atoms with Gasteiger partial charge in [0, 0.05) is 6.42 Å². The average molecular weight is 427 g/mol. The number of carboxylic acids is 4. The van der Waals surface area contributed by atoms with Crippen LogP contribution in [-0.4, -0.2) is 72.0 Å². The minimum Gasteiger partial charge on any atom is -0.481 e. The molecule has 0 saturated carbocycles. The van der Waals surface area contributed by atoms with E-state index in [1.807, 2.05) is 5.32 Å². The number of hydrogen-bond acceptors (Lipinski definition) is 10. The Bertz CT molecular complexity index is 842. The second kappa shape index (κ2) is 9.76. The first-order valence-corrected chi connectivity index (χ1v) is 7.99. The van der Waals surface area contributed by atoms with Gasteiger partial charge in [0.15, 0.2) is 28.8 Å². The molecule has 0 saturated heterocycles. The fraction of sp³-hybridized carbons (Fsp3) is 0.333. The zero-order valence-corrected chi connectivity index (χ0v) is 15.1. The van der Waals surface area contributed by atoms with Gasteiger partial charge in [0.2, 0.25) is 0 Å². The number of ketones is 1. The van der Waals surface area contributed by atoms with E-state index < -0.39 is 89.8 Å². The molecule has 0 aliphatic rings. The first kappa shape index (κ1) is 23.7. The molecule has 1 aromatic rings. The van der Waals surface area contributed by atoms with Gasteiger partial charge in [-0.2, -0.15) is 0 Å². The van der Waals surface area contributed by atoms with Crippen molar-refractivity contribution in [2.24, 2.45) is 5.92 Å². The van der Waals surface area contributed by atoms with E-state index in [9.17, 15) is 28.8 Å². The van der Waals surface area contributed by atoms with Gasteiger partial charge < -0.3 is 37.2 Å². The Morgan fingerprint density at radius 1 is 0.767 bits per heavy atom. The van der Waals surface area contributed by atoms with Crippen LogP contribution in [0.2, 0.25) is 0 Å². The van der Waals surface area contributed by atoms with Crippen LogP contribution in [0.3, 0.4) is 0 Å². The number of anilines is 2. The lowest BCUT2D eigenvalue weighted by atomic mass is 9.97. The van der Waals surface area contributed by atoms with E-state index in [0.717, 1.165) is 0 Å². The van der Waals surface area contributed by atoms with Crippen LogP contribution in [0.1, 0.15) is 40.2 Å². The summed E-state index contributed by atoms with van der Waals surface area (Å²) in [4.78, 5) is 75.0. The smallest absolute Gasteiger partial charge is 0.326 e. The predicted octanol–water partition coefficient (Wildman–Crippen LogP) is -1.95. The average Bonchev–Trinajstić information content (AvgIpc) is 2.60. The number of nitrogens with zero attached hydrogens (tertiary/aromatic N) is 2. The molecule has 15 heteroatoms. The van der Waals surface area contributed by atoms with E-state index in [2.05, 4.69) is 9.97 Å². The van der Waals surface area contributed by atoms with E-state index in [1.54, 1.807) is 0 Å². The van der Waals surface area contributed by atoms with Crippen LogP contribution in [-0.2, 0) is 19.2 Å². The monoisotopic (exact) mass is 427 g/mol. The molecule has 1 aromatic heterocycles. The number of aliphatic carboxylic acids is 4. The number of nitrogens with two attached hydrogens (primary N) is 2. The van der Waals surface area contributed by atoms with Crippen LogP contribution >= 0.6 is 0 Å². The fourth-order valence-corrected chi connectivity index (χ4v) is 2.21. The standard InChI is InChI=1S/C15H17N5O10/c16-11-9(6(21)1-4(14(27)28)2-7(22)23)19-12(17)10(20-11)13(26)18-5(15(29)30)3-8(24)25/h4-5H,1-3H2,(H2,16,20)(H2,17,19)(H,18,26)(H,22,23)(H,24,25)(H,27,28)(H,29,30)/t4-,5-/m1/s1. The highest BCUT2D eigenvalue weighted by Gasteiger charge is 2.29. The SMILES string of the molecule is Nc1nc(C(=O)N[C@H](CC(=O)O)C(=O)O)c(N)nc1C(=O)C[C@H](CC(=O)O)C(=O)O. The lowest BCUT2D eigenvalue weighted by molar-refractivity contribution is -0.148. The molecule has 15 nitrogen and oxygen atoms in total. The number of carbonyl (C=O) groups is 6. The maximum atomic E-state index is 12.2. The fourth-order valence-electron chi connectivity index (χ4n) is 2.21. The third-order valence-corrected chi connectivity index (χ3v) is 3.61. The minimum absolute atomic E-state index is 0.610. The Labute approximate surface area is 166 Å². The van der Waals surface area contributed by atoms with E-state index in [0.29, 0.717) is 0 Å². The number of carbonyl (C=O) groups excluding carboxylic acids is 2. The molecule has 0 radical (unpaired) electrons. The number of carboxylic acid groups (broad SMARTS) is 4. The van der Waals surface area contributed by atoms with Crippen LogP contribution in [0.4, 0.5) is 11.6 Å². The van der Waals surface area contributed by atoms with Crippen LogP contribution < -0.4 is 16.8 Å².